The van der Waals surface area contributed by atoms with E-state index in [2.05, 4.69) is 16.2 Å². The van der Waals surface area contributed by atoms with Crippen LogP contribution in [0.15, 0.2) is 40.9 Å². The highest BCUT2D eigenvalue weighted by atomic mass is 16.5. The first-order chi connectivity index (χ1) is 10.3. The molecule has 21 heavy (non-hydrogen) atoms. The van der Waals surface area contributed by atoms with Crippen molar-refractivity contribution in [1.82, 2.24) is 10.1 Å². The number of fused-ring (bicyclic) bond motifs is 1. The molecule has 0 fully saturated rings. The molecule has 0 saturated carbocycles. The summed E-state index contributed by atoms with van der Waals surface area (Å²) < 4.78 is 10.3. The molecule has 0 spiro atoms. The van der Waals surface area contributed by atoms with E-state index in [9.17, 15) is 0 Å². The van der Waals surface area contributed by atoms with E-state index >= 15 is 0 Å². The zero-order valence-electron chi connectivity index (χ0n) is 11.5. The van der Waals surface area contributed by atoms with Crippen molar-refractivity contribution in [1.29, 1.82) is 5.26 Å². The molecule has 104 valence electrons. The van der Waals surface area contributed by atoms with Gasteiger partial charge in [-0.2, -0.15) is 10.2 Å². The number of methoxy groups -OCH3 is 1. The lowest BCUT2D eigenvalue weighted by Gasteiger charge is -2.06. The third-order valence-electron chi connectivity index (χ3n) is 3.27. The van der Waals surface area contributed by atoms with Gasteiger partial charge >= 0.3 is 0 Å². The molecular formula is C16H13N3O2. The Kier molecular flexibility index (Phi) is 3.52. The van der Waals surface area contributed by atoms with Gasteiger partial charge in [0.15, 0.2) is 5.82 Å². The molecule has 0 aliphatic carbocycles. The maximum Gasteiger partial charge on any atom is 0.240 e. The first kappa shape index (κ1) is 13.1. The fraction of sp³-hybridized carbons (Fsp3) is 0.188. The number of aromatic nitrogens is 2. The lowest BCUT2D eigenvalue weighted by atomic mass is 10.0. The fourth-order valence-electron chi connectivity index (χ4n) is 2.27. The number of hydrogen-bond acceptors (Lipinski definition) is 5. The Balaban J connectivity index is 1.97. The average molecular weight is 279 g/mol. The normalized spacial score (nSPS) is 10.5. The molecule has 5 nitrogen and oxygen atoms in total. The minimum atomic E-state index is 0.135. The molecule has 0 N–H and O–H groups in total. The van der Waals surface area contributed by atoms with E-state index in [-0.39, 0.29) is 6.42 Å². The zero-order chi connectivity index (χ0) is 14.7. The van der Waals surface area contributed by atoms with E-state index in [1.54, 1.807) is 7.11 Å². The summed E-state index contributed by atoms with van der Waals surface area (Å²) in [5, 5.41) is 14.8. The largest absolute Gasteiger partial charge is 0.497 e. The van der Waals surface area contributed by atoms with Gasteiger partial charge in [-0.1, -0.05) is 29.4 Å². The standard InChI is InChI=1S/C16H13N3O2/c1-20-13-6-5-11-3-2-4-12(14(11)10-13)9-15-18-16(7-8-17)21-19-15/h2-6,10H,7,9H2,1H3. The summed E-state index contributed by atoms with van der Waals surface area (Å²) in [4.78, 5) is 4.21. The maximum absolute atomic E-state index is 8.63. The molecule has 3 rings (SSSR count). The molecule has 1 heterocycles. The number of nitrogens with zero attached hydrogens (tertiary/aromatic N) is 3. The number of benzene rings is 2. The first-order valence-electron chi connectivity index (χ1n) is 6.54. The Bertz CT molecular complexity index is 818. The van der Waals surface area contributed by atoms with E-state index in [1.807, 2.05) is 36.4 Å². The second-order valence-corrected chi connectivity index (χ2v) is 4.62. The van der Waals surface area contributed by atoms with Gasteiger partial charge < -0.3 is 9.26 Å². The molecule has 0 saturated heterocycles. The molecule has 0 radical (unpaired) electrons. The summed E-state index contributed by atoms with van der Waals surface area (Å²) >= 11 is 0. The van der Waals surface area contributed by atoms with Gasteiger partial charge in [0.05, 0.1) is 13.2 Å². The summed E-state index contributed by atoms with van der Waals surface area (Å²) in [5.41, 5.74) is 1.09. The van der Waals surface area contributed by atoms with Gasteiger partial charge in [-0.05, 0) is 28.5 Å². The van der Waals surface area contributed by atoms with Crippen molar-refractivity contribution in [3.05, 3.63) is 53.7 Å². The van der Waals surface area contributed by atoms with E-state index in [1.165, 1.54) is 0 Å². The number of nitriles is 1. The highest BCUT2D eigenvalue weighted by Crippen LogP contribution is 2.25. The first-order valence-corrected chi connectivity index (χ1v) is 6.54. The summed E-state index contributed by atoms with van der Waals surface area (Å²) in [6.45, 7) is 0. The van der Waals surface area contributed by atoms with E-state index in [4.69, 9.17) is 14.5 Å². The topological polar surface area (TPSA) is 71.9 Å². The SMILES string of the molecule is COc1ccc2cccc(Cc3noc(CC#N)n3)c2c1. The van der Waals surface area contributed by atoms with Gasteiger partial charge in [-0.3, -0.25) is 0 Å². The minimum absolute atomic E-state index is 0.135. The van der Waals surface area contributed by atoms with Crippen LogP contribution < -0.4 is 4.74 Å². The number of ether oxygens (including phenoxy) is 1. The molecule has 0 unspecified atom stereocenters. The van der Waals surface area contributed by atoms with Gasteiger partial charge in [0.1, 0.15) is 12.2 Å². The van der Waals surface area contributed by atoms with Crippen LogP contribution in [-0.2, 0) is 12.8 Å². The van der Waals surface area contributed by atoms with Crippen molar-refractivity contribution in [2.75, 3.05) is 7.11 Å². The molecule has 3 aromatic rings. The van der Waals surface area contributed by atoms with Gasteiger partial charge in [-0.15, -0.1) is 0 Å². The summed E-state index contributed by atoms with van der Waals surface area (Å²) in [7, 11) is 1.65. The Morgan fingerprint density at radius 3 is 3.00 bits per heavy atom. The van der Waals surface area contributed by atoms with Crippen molar-refractivity contribution >= 4 is 10.8 Å². The monoisotopic (exact) mass is 279 g/mol. The third-order valence-corrected chi connectivity index (χ3v) is 3.27. The van der Waals surface area contributed by atoms with Crippen LogP contribution in [0, 0.1) is 11.3 Å². The van der Waals surface area contributed by atoms with Crippen LogP contribution in [0.1, 0.15) is 17.3 Å². The number of rotatable bonds is 4. The average Bonchev–Trinajstić information content (AvgIpc) is 2.95. The second-order valence-electron chi connectivity index (χ2n) is 4.62. The van der Waals surface area contributed by atoms with Crippen LogP contribution in [0.3, 0.4) is 0 Å². The fourth-order valence-corrected chi connectivity index (χ4v) is 2.27. The van der Waals surface area contributed by atoms with Gasteiger partial charge in [0.2, 0.25) is 5.89 Å². The van der Waals surface area contributed by atoms with Crippen molar-refractivity contribution in [2.24, 2.45) is 0 Å². The summed E-state index contributed by atoms with van der Waals surface area (Å²) in [6, 6.07) is 14.0. The van der Waals surface area contributed by atoms with Crippen molar-refractivity contribution in [2.45, 2.75) is 12.8 Å². The predicted octanol–water partition coefficient (Wildman–Crippen LogP) is 2.89. The molecule has 0 amide bonds. The van der Waals surface area contributed by atoms with Gasteiger partial charge in [-0.25, -0.2) is 0 Å². The Morgan fingerprint density at radius 2 is 2.19 bits per heavy atom. The van der Waals surface area contributed by atoms with Crippen LogP contribution >= 0.6 is 0 Å². The quantitative estimate of drug-likeness (QED) is 0.734. The zero-order valence-corrected chi connectivity index (χ0v) is 11.5. The molecular weight excluding hydrogens is 266 g/mol. The van der Waals surface area contributed by atoms with Crippen molar-refractivity contribution in [3.8, 4) is 11.8 Å². The van der Waals surface area contributed by atoms with Crippen LogP contribution in [0.4, 0.5) is 0 Å². The van der Waals surface area contributed by atoms with Crippen LogP contribution in [0.5, 0.6) is 5.75 Å². The van der Waals surface area contributed by atoms with Gasteiger partial charge in [0, 0.05) is 6.42 Å². The second kappa shape index (κ2) is 5.63. The molecule has 0 bridgehead atoms. The summed E-state index contributed by atoms with van der Waals surface area (Å²) in [5.74, 6) is 1.74. The van der Waals surface area contributed by atoms with Crippen LogP contribution in [0.25, 0.3) is 10.8 Å². The third kappa shape index (κ3) is 2.70. The minimum Gasteiger partial charge on any atom is -0.497 e. The molecule has 1 aromatic heterocycles. The van der Waals surface area contributed by atoms with E-state index < -0.39 is 0 Å². The Hall–Kier alpha value is -2.87. The Labute approximate surface area is 121 Å². The lowest BCUT2D eigenvalue weighted by Crippen LogP contribution is -1.93. The highest BCUT2D eigenvalue weighted by molar-refractivity contribution is 5.87. The molecule has 0 atom stereocenters. The summed E-state index contributed by atoms with van der Waals surface area (Å²) in [6.07, 6.45) is 0.690. The molecule has 5 heteroatoms. The van der Waals surface area contributed by atoms with E-state index in [0.717, 1.165) is 22.1 Å². The van der Waals surface area contributed by atoms with Crippen LogP contribution in [0.2, 0.25) is 0 Å². The molecule has 0 aliphatic rings. The smallest absolute Gasteiger partial charge is 0.240 e. The molecule has 0 aliphatic heterocycles. The van der Waals surface area contributed by atoms with Gasteiger partial charge in [0.25, 0.3) is 0 Å². The maximum atomic E-state index is 8.63. The Morgan fingerprint density at radius 1 is 1.29 bits per heavy atom. The highest BCUT2D eigenvalue weighted by Gasteiger charge is 2.09. The van der Waals surface area contributed by atoms with Crippen molar-refractivity contribution < 1.29 is 9.26 Å². The molecule has 2 aromatic carbocycles. The lowest BCUT2D eigenvalue weighted by molar-refractivity contribution is 0.382. The van der Waals surface area contributed by atoms with E-state index in [0.29, 0.717) is 18.1 Å². The van der Waals surface area contributed by atoms with Crippen LogP contribution in [-0.4, -0.2) is 17.3 Å². The predicted molar refractivity (Wildman–Crippen MR) is 76.9 cm³/mol. The number of hydrogen-bond donors (Lipinski definition) is 0. The van der Waals surface area contributed by atoms with Crippen molar-refractivity contribution in [3.63, 3.8) is 0 Å².